The minimum absolute atomic E-state index is 0.402. The molecule has 0 radical (unpaired) electrons. The van der Waals surface area contributed by atoms with Crippen LogP contribution in [0.5, 0.6) is 0 Å². The molecule has 1 heterocycles. The van der Waals surface area contributed by atoms with Crippen LogP contribution >= 0.6 is 15.9 Å². The van der Waals surface area contributed by atoms with E-state index < -0.39 is 0 Å². The molecule has 0 spiro atoms. The van der Waals surface area contributed by atoms with Gasteiger partial charge in [-0.05, 0) is 63.3 Å². The van der Waals surface area contributed by atoms with Crippen LogP contribution in [0, 0.1) is 5.92 Å². The fraction of sp³-hybridized carbons (Fsp3) is 0.667. The van der Waals surface area contributed by atoms with E-state index in [1.165, 1.54) is 41.5 Å². The minimum atomic E-state index is 0.402. The van der Waals surface area contributed by atoms with Crippen LogP contribution in [0.3, 0.4) is 0 Å². The van der Waals surface area contributed by atoms with Gasteiger partial charge in [-0.3, -0.25) is 0 Å². The van der Waals surface area contributed by atoms with Crippen LogP contribution in [0.4, 0.5) is 5.69 Å². The van der Waals surface area contributed by atoms with Crippen molar-refractivity contribution in [3.63, 3.8) is 0 Å². The summed E-state index contributed by atoms with van der Waals surface area (Å²) in [7, 11) is 0. The Morgan fingerprint density at radius 1 is 1.38 bits per heavy atom. The van der Waals surface area contributed by atoms with Crippen LogP contribution in [0.15, 0.2) is 22.7 Å². The topological polar surface area (TPSA) is 15.3 Å². The van der Waals surface area contributed by atoms with Crippen LogP contribution in [-0.2, 0) is 0 Å². The summed E-state index contributed by atoms with van der Waals surface area (Å²) < 4.78 is 1.18. The van der Waals surface area contributed by atoms with E-state index in [0.717, 1.165) is 12.5 Å². The lowest BCUT2D eigenvalue weighted by molar-refractivity contribution is 0.376. The van der Waals surface area contributed by atoms with Gasteiger partial charge in [0.05, 0.1) is 0 Å². The third-order valence-corrected chi connectivity index (χ3v) is 5.10. The van der Waals surface area contributed by atoms with E-state index in [4.69, 9.17) is 0 Å². The number of benzene rings is 1. The maximum atomic E-state index is 3.65. The van der Waals surface area contributed by atoms with Gasteiger partial charge in [0.25, 0.3) is 0 Å². The highest BCUT2D eigenvalue weighted by atomic mass is 79.9. The van der Waals surface area contributed by atoms with Crippen molar-refractivity contribution in [2.24, 2.45) is 5.92 Å². The lowest BCUT2D eigenvalue weighted by Crippen LogP contribution is -2.41. The summed E-state index contributed by atoms with van der Waals surface area (Å²) in [6, 6.07) is 7.77. The SMILES string of the molecule is CCCNC(C)c1ccc(Br)cc1N1CCC(C)CC1C. The van der Waals surface area contributed by atoms with Gasteiger partial charge in [0.1, 0.15) is 0 Å². The minimum Gasteiger partial charge on any atom is -0.369 e. The molecule has 1 N–H and O–H groups in total. The molecular formula is C18H29BrN2. The number of nitrogens with zero attached hydrogens (tertiary/aromatic N) is 1. The summed E-state index contributed by atoms with van der Waals surface area (Å²) >= 11 is 3.65. The Hall–Kier alpha value is -0.540. The second kappa shape index (κ2) is 7.64. The van der Waals surface area contributed by atoms with Crippen molar-refractivity contribution >= 4 is 21.6 Å². The monoisotopic (exact) mass is 352 g/mol. The van der Waals surface area contributed by atoms with Crippen molar-refractivity contribution in [3.8, 4) is 0 Å². The lowest BCUT2D eigenvalue weighted by atomic mass is 9.92. The van der Waals surface area contributed by atoms with Gasteiger partial charge in [-0.25, -0.2) is 0 Å². The first-order chi connectivity index (χ1) is 10.0. The molecule has 1 aromatic carbocycles. The van der Waals surface area contributed by atoms with Gasteiger partial charge in [-0.15, -0.1) is 0 Å². The molecule has 3 heteroatoms. The highest BCUT2D eigenvalue weighted by Gasteiger charge is 2.25. The molecular weight excluding hydrogens is 324 g/mol. The fourth-order valence-electron chi connectivity index (χ4n) is 3.37. The molecule has 0 saturated carbocycles. The predicted octanol–water partition coefficient (Wildman–Crippen LogP) is 5.13. The molecule has 1 fully saturated rings. The van der Waals surface area contributed by atoms with Gasteiger partial charge in [-0.2, -0.15) is 0 Å². The van der Waals surface area contributed by atoms with Crippen LogP contribution in [0.25, 0.3) is 0 Å². The number of anilines is 1. The average Bonchev–Trinajstić information content (AvgIpc) is 2.44. The van der Waals surface area contributed by atoms with E-state index >= 15 is 0 Å². The maximum Gasteiger partial charge on any atom is 0.0428 e. The molecule has 21 heavy (non-hydrogen) atoms. The number of halogens is 1. The molecule has 0 bridgehead atoms. The predicted molar refractivity (Wildman–Crippen MR) is 96.1 cm³/mol. The molecule has 1 saturated heterocycles. The summed E-state index contributed by atoms with van der Waals surface area (Å²) in [5.74, 6) is 0.850. The highest BCUT2D eigenvalue weighted by molar-refractivity contribution is 9.10. The summed E-state index contributed by atoms with van der Waals surface area (Å²) in [5.41, 5.74) is 2.83. The molecule has 0 amide bonds. The number of hydrogen-bond donors (Lipinski definition) is 1. The molecule has 1 aliphatic heterocycles. The number of rotatable bonds is 5. The Kier molecular flexibility index (Phi) is 6.12. The number of hydrogen-bond acceptors (Lipinski definition) is 2. The molecule has 0 aliphatic carbocycles. The molecule has 1 aliphatic rings. The Labute approximate surface area is 138 Å². The molecule has 2 rings (SSSR count). The van der Waals surface area contributed by atoms with E-state index in [1.54, 1.807) is 0 Å². The molecule has 118 valence electrons. The smallest absolute Gasteiger partial charge is 0.0428 e. The van der Waals surface area contributed by atoms with Gasteiger partial charge >= 0.3 is 0 Å². The Balaban J connectivity index is 2.26. The second-order valence-corrected chi connectivity index (χ2v) is 7.47. The standard InChI is InChI=1S/C18H29BrN2/c1-5-9-20-15(4)17-7-6-16(19)12-18(17)21-10-8-13(2)11-14(21)3/h6-7,12-15,20H,5,8-11H2,1-4H3. The zero-order chi connectivity index (χ0) is 15.4. The molecule has 0 aromatic heterocycles. The van der Waals surface area contributed by atoms with E-state index in [2.05, 4.69) is 72.0 Å². The normalized spacial score (nSPS) is 24.1. The zero-order valence-electron chi connectivity index (χ0n) is 13.8. The van der Waals surface area contributed by atoms with Crippen LogP contribution in [0.1, 0.15) is 58.6 Å². The second-order valence-electron chi connectivity index (χ2n) is 6.55. The Bertz CT molecular complexity index is 461. The zero-order valence-corrected chi connectivity index (χ0v) is 15.4. The third kappa shape index (κ3) is 4.23. The summed E-state index contributed by atoms with van der Waals surface area (Å²) in [4.78, 5) is 2.60. The van der Waals surface area contributed by atoms with Crippen molar-refractivity contribution in [2.45, 2.75) is 59.0 Å². The van der Waals surface area contributed by atoms with Gasteiger partial charge in [0.15, 0.2) is 0 Å². The summed E-state index contributed by atoms with van der Waals surface area (Å²) in [5, 5.41) is 3.63. The first kappa shape index (κ1) is 16.8. The Morgan fingerprint density at radius 3 is 2.81 bits per heavy atom. The molecule has 3 atom stereocenters. The Morgan fingerprint density at radius 2 is 2.14 bits per heavy atom. The molecule has 1 aromatic rings. The molecule has 3 unspecified atom stereocenters. The third-order valence-electron chi connectivity index (χ3n) is 4.61. The highest BCUT2D eigenvalue weighted by Crippen LogP contribution is 2.34. The van der Waals surface area contributed by atoms with Gasteiger partial charge in [0.2, 0.25) is 0 Å². The van der Waals surface area contributed by atoms with E-state index in [9.17, 15) is 0 Å². The van der Waals surface area contributed by atoms with Crippen molar-refractivity contribution in [3.05, 3.63) is 28.2 Å². The van der Waals surface area contributed by atoms with E-state index in [0.29, 0.717) is 12.1 Å². The van der Waals surface area contributed by atoms with E-state index in [1.807, 2.05) is 0 Å². The van der Waals surface area contributed by atoms with Crippen molar-refractivity contribution < 1.29 is 0 Å². The van der Waals surface area contributed by atoms with Crippen molar-refractivity contribution in [1.82, 2.24) is 5.32 Å². The first-order valence-electron chi connectivity index (χ1n) is 8.32. The first-order valence-corrected chi connectivity index (χ1v) is 9.11. The molecule has 2 nitrogen and oxygen atoms in total. The van der Waals surface area contributed by atoms with Gasteiger partial charge in [0, 0.05) is 28.8 Å². The summed E-state index contributed by atoms with van der Waals surface area (Å²) in [6.45, 7) is 11.5. The number of nitrogens with one attached hydrogen (secondary N) is 1. The van der Waals surface area contributed by atoms with Gasteiger partial charge in [-0.1, -0.05) is 35.8 Å². The lowest BCUT2D eigenvalue weighted by Gasteiger charge is -2.40. The van der Waals surface area contributed by atoms with Crippen LogP contribution in [0.2, 0.25) is 0 Å². The van der Waals surface area contributed by atoms with Crippen LogP contribution in [-0.4, -0.2) is 19.1 Å². The van der Waals surface area contributed by atoms with Crippen molar-refractivity contribution in [2.75, 3.05) is 18.0 Å². The summed E-state index contributed by atoms with van der Waals surface area (Å²) in [6.07, 6.45) is 3.77. The quantitative estimate of drug-likeness (QED) is 0.789. The van der Waals surface area contributed by atoms with Gasteiger partial charge < -0.3 is 10.2 Å². The number of piperidine rings is 1. The maximum absolute atomic E-state index is 3.65. The largest absolute Gasteiger partial charge is 0.369 e. The fourth-order valence-corrected chi connectivity index (χ4v) is 3.72. The van der Waals surface area contributed by atoms with Crippen LogP contribution < -0.4 is 10.2 Å². The average molecular weight is 353 g/mol. The van der Waals surface area contributed by atoms with E-state index in [-0.39, 0.29) is 0 Å². The van der Waals surface area contributed by atoms with Crippen molar-refractivity contribution in [1.29, 1.82) is 0 Å².